The highest BCUT2D eigenvalue weighted by atomic mass is 79.9. The van der Waals surface area contributed by atoms with Crippen LogP contribution in [0.3, 0.4) is 0 Å². The Hall–Kier alpha value is -1.69. The molecule has 1 N–H and O–H groups in total. The van der Waals surface area contributed by atoms with Gasteiger partial charge in [-0.2, -0.15) is 5.10 Å². The van der Waals surface area contributed by atoms with E-state index in [9.17, 15) is 4.79 Å². The molecule has 1 unspecified atom stereocenters. The zero-order chi connectivity index (χ0) is 13.8. The summed E-state index contributed by atoms with van der Waals surface area (Å²) in [4.78, 5) is 16.2. The third-order valence-electron chi connectivity index (χ3n) is 2.79. The van der Waals surface area contributed by atoms with E-state index in [1.165, 1.54) is 4.68 Å². The van der Waals surface area contributed by atoms with Crippen LogP contribution in [0.1, 0.15) is 25.6 Å². The maximum atomic E-state index is 11.9. The van der Waals surface area contributed by atoms with Crippen LogP contribution in [0.4, 0.5) is 5.69 Å². The Labute approximate surface area is 119 Å². The first-order valence-electron chi connectivity index (χ1n) is 6.06. The molecule has 0 fully saturated rings. The predicted molar refractivity (Wildman–Crippen MR) is 78.1 cm³/mol. The molecule has 0 radical (unpaired) electrons. The second kappa shape index (κ2) is 5.97. The number of halogens is 1. The lowest BCUT2D eigenvalue weighted by molar-refractivity contribution is 0.612. The molecule has 100 valence electrons. The van der Waals surface area contributed by atoms with Crippen LogP contribution in [-0.2, 0) is 6.54 Å². The minimum absolute atomic E-state index is 0.00354. The molecular weight excluding hydrogens is 308 g/mol. The normalized spacial score (nSPS) is 12.2. The van der Waals surface area contributed by atoms with Crippen molar-refractivity contribution in [2.75, 3.05) is 5.32 Å². The summed E-state index contributed by atoms with van der Waals surface area (Å²) in [5, 5.41) is 7.33. The van der Waals surface area contributed by atoms with Crippen LogP contribution in [0.15, 0.2) is 39.9 Å². The number of rotatable bonds is 4. The summed E-state index contributed by atoms with van der Waals surface area (Å²) in [6.07, 6.45) is 3.39. The van der Waals surface area contributed by atoms with Crippen molar-refractivity contribution in [3.8, 4) is 0 Å². The molecule has 2 heterocycles. The van der Waals surface area contributed by atoms with E-state index in [0.29, 0.717) is 16.7 Å². The Bertz CT molecular complexity index is 612. The summed E-state index contributed by atoms with van der Waals surface area (Å²) in [6, 6.07) is 5.74. The Kier molecular flexibility index (Phi) is 4.31. The number of aryl methyl sites for hydroxylation is 1. The molecule has 0 aromatic carbocycles. The van der Waals surface area contributed by atoms with E-state index in [1.807, 2.05) is 32.0 Å². The van der Waals surface area contributed by atoms with Crippen LogP contribution >= 0.6 is 15.9 Å². The van der Waals surface area contributed by atoms with Crippen molar-refractivity contribution < 1.29 is 0 Å². The molecule has 0 aliphatic carbocycles. The summed E-state index contributed by atoms with van der Waals surface area (Å²) in [5.74, 6) is 0. The Morgan fingerprint density at radius 3 is 2.89 bits per heavy atom. The maximum Gasteiger partial charge on any atom is 0.283 e. The molecule has 5 nitrogen and oxygen atoms in total. The molecule has 0 bridgehead atoms. The fourth-order valence-electron chi connectivity index (χ4n) is 1.73. The van der Waals surface area contributed by atoms with E-state index < -0.39 is 0 Å². The van der Waals surface area contributed by atoms with E-state index in [4.69, 9.17) is 0 Å². The van der Waals surface area contributed by atoms with Crippen LogP contribution in [0.25, 0.3) is 0 Å². The summed E-state index contributed by atoms with van der Waals surface area (Å²) in [5.41, 5.74) is 1.45. The number of anilines is 1. The van der Waals surface area contributed by atoms with Gasteiger partial charge < -0.3 is 5.32 Å². The number of hydrogen-bond acceptors (Lipinski definition) is 4. The largest absolute Gasteiger partial charge is 0.375 e. The highest BCUT2D eigenvalue weighted by Crippen LogP contribution is 2.21. The molecule has 2 aromatic rings. The Morgan fingerprint density at radius 2 is 2.26 bits per heavy atom. The molecule has 19 heavy (non-hydrogen) atoms. The van der Waals surface area contributed by atoms with Crippen LogP contribution < -0.4 is 10.9 Å². The molecule has 0 spiro atoms. The highest BCUT2D eigenvalue weighted by molar-refractivity contribution is 9.10. The summed E-state index contributed by atoms with van der Waals surface area (Å²) < 4.78 is 1.90. The fraction of sp³-hybridized carbons (Fsp3) is 0.308. The van der Waals surface area contributed by atoms with E-state index in [0.717, 1.165) is 5.69 Å². The quantitative estimate of drug-likeness (QED) is 0.939. The molecule has 1 atom stereocenters. The van der Waals surface area contributed by atoms with Gasteiger partial charge in [-0.25, -0.2) is 4.68 Å². The van der Waals surface area contributed by atoms with Crippen molar-refractivity contribution in [3.05, 3.63) is 51.1 Å². The molecule has 2 aromatic heterocycles. The Balaban J connectivity index is 2.25. The molecule has 0 saturated carbocycles. The maximum absolute atomic E-state index is 11.9. The average molecular weight is 323 g/mol. The van der Waals surface area contributed by atoms with Gasteiger partial charge in [-0.15, -0.1) is 0 Å². The molecule has 6 heteroatoms. The SMILES string of the molecule is CCn1ncc(NC(C)c2ccccn2)c(Br)c1=O. The van der Waals surface area contributed by atoms with Crippen molar-refractivity contribution in [1.82, 2.24) is 14.8 Å². The lowest BCUT2D eigenvalue weighted by atomic mass is 10.2. The van der Waals surface area contributed by atoms with Crippen molar-refractivity contribution in [3.63, 3.8) is 0 Å². The first kappa shape index (κ1) is 13.7. The van der Waals surface area contributed by atoms with E-state index in [1.54, 1.807) is 12.4 Å². The molecule has 0 aliphatic heterocycles. The first-order valence-corrected chi connectivity index (χ1v) is 6.86. The minimum atomic E-state index is -0.138. The molecule has 0 amide bonds. The van der Waals surface area contributed by atoms with Gasteiger partial charge in [0.15, 0.2) is 0 Å². The van der Waals surface area contributed by atoms with Crippen LogP contribution in [0.5, 0.6) is 0 Å². The molecular formula is C13H15BrN4O. The van der Waals surface area contributed by atoms with Crippen molar-refractivity contribution >= 4 is 21.6 Å². The number of pyridine rings is 1. The third kappa shape index (κ3) is 3.01. The predicted octanol–water partition coefficient (Wildman–Crippen LogP) is 2.59. The second-order valence-corrected chi connectivity index (χ2v) is 4.91. The minimum Gasteiger partial charge on any atom is -0.375 e. The lowest BCUT2D eigenvalue weighted by Crippen LogP contribution is -2.24. The topological polar surface area (TPSA) is 59.8 Å². The van der Waals surface area contributed by atoms with E-state index in [-0.39, 0.29) is 11.6 Å². The van der Waals surface area contributed by atoms with Gasteiger partial charge in [0, 0.05) is 12.7 Å². The monoisotopic (exact) mass is 322 g/mol. The smallest absolute Gasteiger partial charge is 0.283 e. The number of nitrogens with zero attached hydrogens (tertiary/aromatic N) is 3. The van der Waals surface area contributed by atoms with Gasteiger partial charge in [-0.1, -0.05) is 6.07 Å². The third-order valence-corrected chi connectivity index (χ3v) is 3.55. The van der Waals surface area contributed by atoms with Gasteiger partial charge in [0.25, 0.3) is 5.56 Å². The van der Waals surface area contributed by atoms with Gasteiger partial charge in [0.1, 0.15) is 4.47 Å². The van der Waals surface area contributed by atoms with Crippen LogP contribution in [0, 0.1) is 0 Å². The number of hydrogen-bond donors (Lipinski definition) is 1. The van der Waals surface area contributed by atoms with E-state index in [2.05, 4.69) is 31.3 Å². The average Bonchev–Trinajstić information content (AvgIpc) is 2.45. The van der Waals surface area contributed by atoms with Crippen molar-refractivity contribution in [1.29, 1.82) is 0 Å². The summed E-state index contributed by atoms with van der Waals surface area (Å²) in [6.45, 7) is 4.41. The molecule has 0 aliphatic rings. The lowest BCUT2D eigenvalue weighted by Gasteiger charge is -2.15. The summed E-state index contributed by atoms with van der Waals surface area (Å²) in [7, 11) is 0. The molecule has 0 saturated heterocycles. The zero-order valence-electron chi connectivity index (χ0n) is 10.8. The number of nitrogens with one attached hydrogen (secondary N) is 1. The van der Waals surface area contributed by atoms with Crippen molar-refractivity contribution in [2.45, 2.75) is 26.4 Å². The van der Waals surface area contributed by atoms with Gasteiger partial charge in [0.2, 0.25) is 0 Å². The second-order valence-electron chi connectivity index (χ2n) is 4.11. The van der Waals surface area contributed by atoms with Gasteiger partial charge >= 0.3 is 0 Å². The highest BCUT2D eigenvalue weighted by Gasteiger charge is 2.12. The first-order chi connectivity index (χ1) is 9.13. The number of aromatic nitrogens is 3. The van der Waals surface area contributed by atoms with Crippen LogP contribution in [-0.4, -0.2) is 14.8 Å². The fourth-order valence-corrected chi connectivity index (χ4v) is 2.15. The van der Waals surface area contributed by atoms with Gasteiger partial charge in [-0.3, -0.25) is 9.78 Å². The summed E-state index contributed by atoms with van der Waals surface area (Å²) >= 11 is 3.32. The Morgan fingerprint density at radius 1 is 1.47 bits per heavy atom. The van der Waals surface area contributed by atoms with Gasteiger partial charge in [-0.05, 0) is 41.9 Å². The zero-order valence-corrected chi connectivity index (χ0v) is 12.4. The molecule has 2 rings (SSSR count). The van der Waals surface area contributed by atoms with E-state index >= 15 is 0 Å². The van der Waals surface area contributed by atoms with Crippen molar-refractivity contribution in [2.24, 2.45) is 0 Å². The standard InChI is InChI=1S/C13H15BrN4O/c1-3-18-13(19)12(14)11(8-16-18)17-9(2)10-6-4-5-7-15-10/h4-9,17H,3H2,1-2H3. The van der Waals surface area contributed by atoms with Crippen LogP contribution in [0.2, 0.25) is 0 Å². The van der Waals surface area contributed by atoms with Gasteiger partial charge in [0.05, 0.1) is 23.6 Å².